The molecule has 5 rings (SSSR count). The van der Waals surface area contributed by atoms with Crippen LogP contribution < -0.4 is 14.8 Å². The number of amidine groups is 1. The molecule has 0 amide bonds. The van der Waals surface area contributed by atoms with Gasteiger partial charge in [0.25, 0.3) is 6.02 Å². The van der Waals surface area contributed by atoms with Crippen molar-refractivity contribution in [3.05, 3.63) is 66.0 Å². The fourth-order valence-electron chi connectivity index (χ4n) is 4.77. The SMILES string of the molecule is CC(C)Oc1ccc(-c2cn(COCC[Si](C)(C)C)c3nccc(Oc4c(F)cc(NC5=NCCCO5)cc4F)c23)cc1C#N. The Hall–Kier alpha value is -4.47. The number of nitriles is 1. The van der Waals surface area contributed by atoms with Crippen molar-refractivity contribution in [2.45, 2.75) is 58.8 Å². The number of benzene rings is 2. The van der Waals surface area contributed by atoms with Crippen molar-refractivity contribution >= 4 is 30.8 Å². The Balaban J connectivity index is 1.54. The van der Waals surface area contributed by atoms with Crippen molar-refractivity contribution in [3.8, 4) is 34.4 Å². The van der Waals surface area contributed by atoms with E-state index < -0.39 is 25.5 Å². The zero-order valence-corrected chi connectivity index (χ0v) is 27.1. The van der Waals surface area contributed by atoms with Crippen LogP contribution in [0.15, 0.2) is 53.8 Å². The lowest BCUT2D eigenvalue weighted by molar-refractivity contribution is 0.0899. The maximum Gasteiger partial charge on any atom is 0.289 e. The Morgan fingerprint density at radius 3 is 2.56 bits per heavy atom. The Morgan fingerprint density at radius 1 is 1.11 bits per heavy atom. The predicted octanol–water partition coefficient (Wildman–Crippen LogP) is 7.93. The summed E-state index contributed by atoms with van der Waals surface area (Å²) < 4.78 is 55.7. The average molecular weight is 634 g/mol. The summed E-state index contributed by atoms with van der Waals surface area (Å²) in [5.74, 6) is -1.72. The molecule has 0 saturated carbocycles. The minimum atomic E-state index is -1.31. The minimum absolute atomic E-state index is 0.114. The van der Waals surface area contributed by atoms with Gasteiger partial charge in [-0.15, -0.1) is 0 Å². The highest BCUT2D eigenvalue weighted by Crippen LogP contribution is 2.40. The molecular weight excluding hydrogens is 596 g/mol. The first kappa shape index (κ1) is 31.9. The van der Waals surface area contributed by atoms with E-state index in [1.165, 1.54) is 6.20 Å². The molecule has 0 saturated heterocycles. The zero-order chi connectivity index (χ0) is 32.1. The van der Waals surface area contributed by atoms with Crippen molar-refractivity contribution < 1.29 is 27.7 Å². The molecule has 0 spiro atoms. The van der Waals surface area contributed by atoms with Gasteiger partial charge in [-0.2, -0.15) is 5.26 Å². The molecule has 1 aliphatic heterocycles. The number of halogens is 2. The molecule has 9 nitrogen and oxygen atoms in total. The fourth-order valence-corrected chi connectivity index (χ4v) is 5.53. The van der Waals surface area contributed by atoms with E-state index in [0.29, 0.717) is 53.2 Å². The van der Waals surface area contributed by atoms with Crippen LogP contribution in [-0.4, -0.2) is 49.5 Å². The molecule has 2 aromatic heterocycles. The summed E-state index contributed by atoms with van der Waals surface area (Å²) in [6.07, 6.45) is 4.04. The molecule has 0 unspecified atom stereocenters. The van der Waals surface area contributed by atoms with Gasteiger partial charge in [-0.25, -0.2) is 18.8 Å². The van der Waals surface area contributed by atoms with E-state index in [0.717, 1.165) is 24.6 Å². The molecular formula is C33H37F2N5O4Si. The molecule has 1 aliphatic rings. The van der Waals surface area contributed by atoms with Gasteiger partial charge in [-0.05, 0) is 43.7 Å². The van der Waals surface area contributed by atoms with Crippen LogP contribution in [0.3, 0.4) is 0 Å². The molecule has 0 bridgehead atoms. The van der Waals surface area contributed by atoms with Gasteiger partial charge in [-0.1, -0.05) is 25.7 Å². The molecule has 4 aromatic rings. The minimum Gasteiger partial charge on any atom is -0.490 e. The number of anilines is 1. The summed E-state index contributed by atoms with van der Waals surface area (Å²) in [7, 11) is -1.31. The van der Waals surface area contributed by atoms with Crippen molar-refractivity contribution in [1.29, 1.82) is 5.26 Å². The number of hydrogen-bond donors (Lipinski definition) is 1. The average Bonchev–Trinajstić information content (AvgIpc) is 3.36. The van der Waals surface area contributed by atoms with Gasteiger partial charge in [0.05, 0.1) is 23.7 Å². The molecule has 1 N–H and O–H groups in total. The Bertz CT molecular complexity index is 1740. The zero-order valence-electron chi connectivity index (χ0n) is 26.1. The molecule has 12 heteroatoms. The third kappa shape index (κ3) is 7.79. The van der Waals surface area contributed by atoms with E-state index in [1.54, 1.807) is 18.2 Å². The number of fused-ring (bicyclic) bond motifs is 1. The van der Waals surface area contributed by atoms with Crippen LogP contribution >= 0.6 is 0 Å². The normalized spacial score (nSPS) is 13.4. The summed E-state index contributed by atoms with van der Waals surface area (Å²) in [4.78, 5) is 8.76. The molecule has 3 heterocycles. The van der Waals surface area contributed by atoms with Gasteiger partial charge < -0.3 is 28.8 Å². The number of nitrogens with zero attached hydrogens (tertiary/aromatic N) is 4. The number of nitrogens with one attached hydrogen (secondary N) is 1. The number of ether oxygens (including phenoxy) is 4. The van der Waals surface area contributed by atoms with E-state index in [-0.39, 0.29) is 30.3 Å². The maximum absolute atomic E-state index is 15.4. The van der Waals surface area contributed by atoms with Gasteiger partial charge >= 0.3 is 0 Å². The first-order valence-electron chi connectivity index (χ1n) is 14.9. The molecule has 0 fully saturated rings. The van der Waals surface area contributed by atoms with Crippen molar-refractivity contribution in [3.63, 3.8) is 0 Å². The van der Waals surface area contributed by atoms with E-state index in [1.807, 2.05) is 30.7 Å². The van der Waals surface area contributed by atoms with Crippen LogP contribution in [0.1, 0.15) is 25.8 Å². The van der Waals surface area contributed by atoms with Crippen LogP contribution in [0.2, 0.25) is 25.7 Å². The van der Waals surface area contributed by atoms with Crippen LogP contribution in [0.4, 0.5) is 14.5 Å². The summed E-state index contributed by atoms with van der Waals surface area (Å²) >= 11 is 0. The van der Waals surface area contributed by atoms with Crippen LogP contribution in [0.5, 0.6) is 17.2 Å². The highest BCUT2D eigenvalue weighted by atomic mass is 28.3. The van der Waals surface area contributed by atoms with Crippen molar-refractivity contribution in [2.75, 3.05) is 25.1 Å². The Labute approximate surface area is 262 Å². The molecule has 2 aromatic carbocycles. The molecule has 0 atom stereocenters. The topological polar surface area (TPSA) is 103 Å². The molecule has 236 valence electrons. The number of hydrogen-bond acceptors (Lipinski definition) is 8. The summed E-state index contributed by atoms with van der Waals surface area (Å²) in [5.41, 5.74) is 2.34. The quantitative estimate of drug-likeness (QED) is 0.132. The first-order valence-corrected chi connectivity index (χ1v) is 18.6. The second-order valence-electron chi connectivity index (χ2n) is 12.2. The lowest BCUT2D eigenvalue weighted by Gasteiger charge is -2.16. The standard InChI is InChI=1S/C33H37F2N5O4Si/c1-21(2)43-28-8-7-22(15-23(28)18-36)25-19-40(20-41-13-14-45(3,4)5)32-30(25)29(9-11-37-32)44-31-26(34)16-24(17-27(31)35)39-33-38-10-6-12-42-33/h7-9,11,15-17,19,21H,6,10,12-14,20H2,1-5H3,(H,38,39). The molecule has 0 radical (unpaired) electrons. The van der Waals surface area contributed by atoms with Crippen molar-refractivity contribution in [2.24, 2.45) is 4.99 Å². The summed E-state index contributed by atoms with van der Waals surface area (Å²) in [5, 5.41) is 13.2. The summed E-state index contributed by atoms with van der Waals surface area (Å²) in [6.45, 7) is 12.5. The maximum atomic E-state index is 15.4. The Morgan fingerprint density at radius 2 is 1.89 bits per heavy atom. The van der Waals surface area contributed by atoms with Crippen molar-refractivity contribution in [1.82, 2.24) is 9.55 Å². The number of aliphatic imine (C=N–C) groups is 1. The van der Waals surface area contributed by atoms with Gasteiger partial charge in [0, 0.05) is 63.4 Å². The largest absolute Gasteiger partial charge is 0.490 e. The van der Waals surface area contributed by atoms with E-state index >= 15 is 8.78 Å². The Kier molecular flexibility index (Phi) is 9.70. The highest BCUT2D eigenvalue weighted by molar-refractivity contribution is 6.76. The molecule has 0 aliphatic carbocycles. The number of rotatable bonds is 11. The summed E-state index contributed by atoms with van der Waals surface area (Å²) in [6, 6.07) is 12.5. The lowest BCUT2D eigenvalue weighted by atomic mass is 10.0. The van der Waals surface area contributed by atoms with Gasteiger partial charge in [0.15, 0.2) is 17.4 Å². The van der Waals surface area contributed by atoms with E-state index in [9.17, 15) is 5.26 Å². The number of aromatic nitrogens is 2. The van der Waals surface area contributed by atoms with E-state index in [4.69, 9.17) is 18.9 Å². The second-order valence-corrected chi connectivity index (χ2v) is 17.9. The number of pyridine rings is 1. The highest BCUT2D eigenvalue weighted by Gasteiger charge is 2.22. The lowest BCUT2D eigenvalue weighted by Crippen LogP contribution is -2.22. The van der Waals surface area contributed by atoms with E-state index in [2.05, 4.69) is 41.0 Å². The van der Waals surface area contributed by atoms with Crippen LogP contribution in [-0.2, 0) is 16.2 Å². The third-order valence-corrected chi connectivity index (χ3v) is 8.68. The fraction of sp³-hybridized carbons (Fsp3) is 0.364. The smallest absolute Gasteiger partial charge is 0.289 e. The van der Waals surface area contributed by atoms with Crippen LogP contribution in [0, 0.1) is 23.0 Å². The van der Waals surface area contributed by atoms with Gasteiger partial charge in [-0.3, -0.25) is 0 Å². The van der Waals surface area contributed by atoms with Gasteiger partial charge in [0.2, 0.25) is 0 Å². The van der Waals surface area contributed by atoms with Crippen LogP contribution in [0.25, 0.3) is 22.2 Å². The van der Waals surface area contributed by atoms with Gasteiger partial charge in [0.1, 0.15) is 29.9 Å². The monoisotopic (exact) mass is 633 g/mol. The second kappa shape index (κ2) is 13.7. The third-order valence-electron chi connectivity index (χ3n) is 6.98. The first-order chi connectivity index (χ1) is 21.5. The molecule has 45 heavy (non-hydrogen) atoms. The predicted molar refractivity (Wildman–Crippen MR) is 173 cm³/mol.